The third-order valence-corrected chi connectivity index (χ3v) is 2.94. The summed E-state index contributed by atoms with van der Waals surface area (Å²) >= 11 is 0. The summed E-state index contributed by atoms with van der Waals surface area (Å²) in [6.07, 6.45) is 6.51. The molecule has 0 unspecified atom stereocenters. The van der Waals surface area contributed by atoms with Gasteiger partial charge in [-0.3, -0.25) is 0 Å². The van der Waals surface area contributed by atoms with Crippen molar-refractivity contribution in [2.75, 3.05) is 0 Å². The van der Waals surface area contributed by atoms with E-state index in [1.165, 1.54) is 0 Å². The Labute approximate surface area is 110 Å². The van der Waals surface area contributed by atoms with Gasteiger partial charge >= 0.3 is 5.97 Å². The maximum Gasteiger partial charge on any atom is 0.358 e. The Bertz CT molecular complexity index is 572. The van der Waals surface area contributed by atoms with Crippen molar-refractivity contribution in [2.24, 2.45) is 7.05 Å². The Balaban J connectivity index is 2.40. The summed E-state index contributed by atoms with van der Waals surface area (Å²) in [5.41, 5.74) is 0.418. The molecule has 0 atom stereocenters. The van der Waals surface area contributed by atoms with Crippen LogP contribution in [0.2, 0.25) is 0 Å². The SMILES string of the molecule is CCCCCn1nnc(C(=O)O)c1-c1nccn1C. The van der Waals surface area contributed by atoms with Crippen molar-refractivity contribution in [2.45, 2.75) is 32.7 Å². The number of unbranched alkanes of at least 4 members (excludes halogenated alkanes) is 2. The van der Waals surface area contributed by atoms with Gasteiger partial charge in [0.15, 0.2) is 5.82 Å². The van der Waals surface area contributed by atoms with Crippen molar-refractivity contribution in [3.05, 3.63) is 18.1 Å². The molecule has 0 amide bonds. The molecule has 0 radical (unpaired) electrons. The fourth-order valence-electron chi connectivity index (χ4n) is 1.94. The van der Waals surface area contributed by atoms with Crippen LogP contribution in [0, 0.1) is 0 Å². The number of aryl methyl sites for hydroxylation is 2. The summed E-state index contributed by atoms with van der Waals surface area (Å²) in [4.78, 5) is 15.4. The van der Waals surface area contributed by atoms with Crippen LogP contribution in [0.1, 0.15) is 36.7 Å². The van der Waals surface area contributed by atoms with Gasteiger partial charge in [0, 0.05) is 26.0 Å². The first-order valence-corrected chi connectivity index (χ1v) is 6.29. The van der Waals surface area contributed by atoms with E-state index < -0.39 is 5.97 Å². The van der Waals surface area contributed by atoms with Crippen LogP contribution in [0.3, 0.4) is 0 Å². The van der Waals surface area contributed by atoms with E-state index in [0.717, 1.165) is 19.3 Å². The number of nitrogens with zero attached hydrogens (tertiary/aromatic N) is 5. The summed E-state index contributed by atoms with van der Waals surface area (Å²) in [6, 6.07) is 0. The Kier molecular flexibility index (Phi) is 3.94. The molecule has 0 saturated heterocycles. The van der Waals surface area contributed by atoms with E-state index in [1.807, 2.05) is 7.05 Å². The van der Waals surface area contributed by atoms with Crippen molar-refractivity contribution >= 4 is 5.97 Å². The number of carboxylic acid groups (broad SMARTS) is 1. The van der Waals surface area contributed by atoms with E-state index in [2.05, 4.69) is 22.2 Å². The number of hydrogen-bond acceptors (Lipinski definition) is 4. The molecule has 0 saturated carbocycles. The second-order valence-corrected chi connectivity index (χ2v) is 4.38. The first kappa shape index (κ1) is 13.3. The average molecular weight is 263 g/mol. The van der Waals surface area contributed by atoms with Gasteiger partial charge < -0.3 is 9.67 Å². The second kappa shape index (κ2) is 5.64. The van der Waals surface area contributed by atoms with Crippen molar-refractivity contribution < 1.29 is 9.90 Å². The lowest BCUT2D eigenvalue weighted by Crippen LogP contribution is -2.08. The van der Waals surface area contributed by atoms with Crippen molar-refractivity contribution in [1.82, 2.24) is 24.5 Å². The summed E-state index contributed by atoms with van der Waals surface area (Å²) in [5.74, 6) is -0.515. The van der Waals surface area contributed by atoms with Crippen molar-refractivity contribution in [3.8, 4) is 11.5 Å². The lowest BCUT2D eigenvalue weighted by Gasteiger charge is -2.06. The number of aromatic nitrogens is 5. The van der Waals surface area contributed by atoms with Crippen LogP contribution >= 0.6 is 0 Å². The molecule has 0 aliphatic heterocycles. The zero-order valence-corrected chi connectivity index (χ0v) is 11.1. The molecule has 0 aliphatic carbocycles. The van der Waals surface area contributed by atoms with Crippen molar-refractivity contribution in [1.29, 1.82) is 0 Å². The van der Waals surface area contributed by atoms with Gasteiger partial charge in [-0.1, -0.05) is 25.0 Å². The highest BCUT2D eigenvalue weighted by Gasteiger charge is 2.23. The van der Waals surface area contributed by atoms with E-state index in [1.54, 1.807) is 21.6 Å². The number of hydrogen-bond donors (Lipinski definition) is 1. The van der Waals surface area contributed by atoms with Gasteiger partial charge in [-0.05, 0) is 6.42 Å². The summed E-state index contributed by atoms with van der Waals surface area (Å²) in [6.45, 7) is 2.76. The van der Waals surface area contributed by atoms with Gasteiger partial charge in [0.2, 0.25) is 5.69 Å². The molecule has 2 aromatic heterocycles. The first-order valence-electron chi connectivity index (χ1n) is 6.29. The topological polar surface area (TPSA) is 85.8 Å². The van der Waals surface area contributed by atoms with Gasteiger partial charge in [-0.15, -0.1) is 5.10 Å². The summed E-state index contributed by atoms with van der Waals surface area (Å²) < 4.78 is 3.39. The fraction of sp³-hybridized carbons (Fsp3) is 0.500. The summed E-state index contributed by atoms with van der Waals surface area (Å²) in [7, 11) is 1.82. The molecular weight excluding hydrogens is 246 g/mol. The zero-order valence-electron chi connectivity index (χ0n) is 11.1. The monoisotopic (exact) mass is 263 g/mol. The average Bonchev–Trinajstić information content (AvgIpc) is 2.95. The Morgan fingerprint density at radius 2 is 2.21 bits per heavy atom. The molecule has 0 bridgehead atoms. The minimum atomic E-state index is -1.08. The molecule has 2 aromatic rings. The maximum absolute atomic E-state index is 11.2. The lowest BCUT2D eigenvalue weighted by atomic mass is 10.2. The van der Waals surface area contributed by atoms with Crippen LogP contribution in [0.4, 0.5) is 0 Å². The first-order chi connectivity index (χ1) is 9.15. The minimum absolute atomic E-state index is 0.0502. The van der Waals surface area contributed by atoms with Crippen LogP contribution in [-0.4, -0.2) is 35.6 Å². The van der Waals surface area contributed by atoms with Gasteiger partial charge in [0.1, 0.15) is 5.69 Å². The third-order valence-electron chi connectivity index (χ3n) is 2.94. The highest BCUT2D eigenvalue weighted by Crippen LogP contribution is 2.20. The number of rotatable bonds is 6. The molecule has 0 aliphatic rings. The molecule has 0 spiro atoms. The maximum atomic E-state index is 11.2. The molecule has 1 N–H and O–H groups in total. The van der Waals surface area contributed by atoms with Gasteiger partial charge in [0.25, 0.3) is 0 Å². The predicted molar refractivity (Wildman–Crippen MR) is 68.7 cm³/mol. The molecule has 7 nitrogen and oxygen atoms in total. The third kappa shape index (κ3) is 2.64. The number of carbonyl (C=O) groups is 1. The highest BCUT2D eigenvalue weighted by atomic mass is 16.4. The molecule has 19 heavy (non-hydrogen) atoms. The molecule has 2 heterocycles. The molecule has 2 rings (SSSR count). The van der Waals surface area contributed by atoms with Crippen LogP contribution in [0.5, 0.6) is 0 Å². The largest absolute Gasteiger partial charge is 0.476 e. The standard InChI is InChI=1S/C12H17N5O2/c1-3-4-5-7-17-10(9(12(18)19)14-15-17)11-13-6-8-16(11)2/h6,8H,3-5,7H2,1-2H3,(H,18,19). The number of imidazole rings is 1. The van der Waals surface area contributed by atoms with Gasteiger partial charge in [-0.2, -0.15) is 0 Å². The van der Waals surface area contributed by atoms with E-state index in [-0.39, 0.29) is 5.69 Å². The lowest BCUT2D eigenvalue weighted by molar-refractivity contribution is 0.0691. The number of carboxylic acids is 1. The van der Waals surface area contributed by atoms with Crippen LogP contribution < -0.4 is 0 Å². The van der Waals surface area contributed by atoms with Crippen LogP contribution in [0.15, 0.2) is 12.4 Å². The van der Waals surface area contributed by atoms with Crippen LogP contribution in [-0.2, 0) is 13.6 Å². The van der Waals surface area contributed by atoms with E-state index in [0.29, 0.717) is 18.1 Å². The molecule has 102 valence electrons. The highest BCUT2D eigenvalue weighted by molar-refractivity contribution is 5.91. The molecule has 7 heteroatoms. The Hall–Kier alpha value is -2.18. The normalized spacial score (nSPS) is 10.8. The quantitative estimate of drug-likeness (QED) is 0.799. The fourth-order valence-corrected chi connectivity index (χ4v) is 1.94. The van der Waals surface area contributed by atoms with Gasteiger partial charge in [0.05, 0.1) is 0 Å². The Morgan fingerprint density at radius 3 is 2.79 bits per heavy atom. The number of aromatic carboxylic acids is 1. The minimum Gasteiger partial charge on any atom is -0.476 e. The molecule has 0 fully saturated rings. The predicted octanol–water partition coefficient (Wildman–Crippen LogP) is 1.57. The Morgan fingerprint density at radius 1 is 1.42 bits per heavy atom. The van der Waals surface area contributed by atoms with Crippen LogP contribution in [0.25, 0.3) is 11.5 Å². The molecular formula is C12H17N5O2. The van der Waals surface area contributed by atoms with E-state index in [4.69, 9.17) is 0 Å². The smallest absolute Gasteiger partial charge is 0.358 e. The summed E-state index contributed by atoms with van der Waals surface area (Å²) in [5, 5.41) is 16.9. The van der Waals surface area contributed by atoms with E-state index >= 15 is 0 Å². The molecule has 0 aromatic carbocycles. The zero-order chi connectivity index (χ0) is 13.8. The van der Waals surface area contributed by atoms with Crippen molar-refractivity contribution in [3.63, 3.8) is 0 Å². The van der Waals surface area contributed by atoms with Gasteiger partial charge in [-0.25, -0.2) is 14.5 Å². The van der Waals surface area contributed by atoms with E-state index in [9.17, 15) is 9.90 Å². The second-order valence-electron chi connectivity index (χ2n) is 4.38.